The lowest BCUT2D eigenvalue weighted by atomic mass is 10.1. The first kappa shape index (κ1) is 24.3. The largest absolute Gasteiger partial charge is 0.496 e. The maximum Gasteiger partial charge on any atom is 0.323 e. The van der Waals surface area contributed by atoms with Crippen LogP contribution in [-0.2, 0) is 11.3 Å². The Bertz CT molecular complexity index is 1080. The molecule has 0 bridgehead atoms. The molecule has 0 aliphatic carbocycles. The molecule has 1 N–H and O–H groups in total. The number of rotatable bonds is 11. The number of ether oxygens (including phenoxy) is 1. The molecule has 1 heterocycles. The van der Waals surface area contributed by atoms with Crippen LogP contribution in [-0.4, -0.2) is 54.1 Å². The van der Waals surface area contributed by atoms with Crippen molar-refractivity contribution in [1.82, 2.24) is 9.88 Å². The van der Waals surface area contributed by atoms with E-state index >= 15 is 0 Å². The van der Waals surface area contributed by atoms with E-state index in [1.807, 2.05) is 41.8 Å². The summed E-state index contributed by atoms with van der Waals surface area (Å²) < 4.78 is 5.49. The number of benzene rings is 2. The summed E-state index contributed by atoms with van der Waals surface area (Å²) in [4.78, 5) is 31.6. The van der Waals surface area contributed by atoms with Gasteiger partial charge in [0.1, 0.15) is 12.3 Å². The van der Waals surface area contributed by atoms with Crippen LogP contribution in [0.3, 0.4) is 0 Å². The maximum atomic E-state index is 12.4. The zero-order chi connectivity index (χ0) is 23.8. The fraction of sp³-hybridized carbons (Fsp3) is 0.320. The number of carbonyl (C=O) groups is 2. The Balaban J connectivity index is 1.77. The predicted octanol–water partition coefficient (Wildman–Crippen LogP) is 4.78. The van der Waals surface area contributed by atoms with Crippen molar-refractivity contribution in [3.8, 4) is 17.0 Å². The van der Waals surface area contributed by atoms with Gasteiger partial charge in [-0.05, 0) is 36.2 Å². The minimum atomic E-state index is -1.04. The van der Waals surface area contributed by atoms with Crippen LogP contribution in [0.1, 0.15) is 35.7 Å². The highest BCUT2D eigenvalue weighted by Crippen LogP contribution is 2.33. The van der Waals surface area contributed by atoms with Crippen LogP contribution >= 0.6 is 11.3 Å². The summed E-state index contributed by atoms with van der Waals surface area (Å²) in [5, 5.41) is 11.9. The van der Waals surface area contributed by atoms with Gasteiger partial charge >= 0.3 is 5.97 Å². The van der Waals surface area contributed by atoms with E-state index in [9.17, 15) is 9.59 Å². The molecule has 0 unspecified atom stereocenters. The van der Waals surface area contributed by atoms with Gasteiger partial charge in [0, 0.05) is 36.6 Å². The highest BCUT2D eigenvalue weighted by Gasteiger charge is 2.17. The summed E-state index contributed by atoms with van der Waals surface area (Å²) in [5.74, 6) is -0.555. The normalized spacial score (nSPS) is 10.6. The first-order valence-corrected chi connectivity index (χ1v) is 11.7. The third kappa shape index (κ3) is 6.32. The molecule has 0 spiro atoms. The number of carbonyl (C=O) groups excluding carboxylic acids is 1. The van der Waals surface area contributed by atoms with E-state index in [0.717, 1.165) is 47.1 Å². The van der Waals surface area contributed by atoms with Crippen LogP contribution in [0.15, 0.2) is 53.9 Å². The second kappa shape index (κ2) is 11.5. The number of carboxylic acids is 1. The van der Waals surface area contributed by atoms with E-state index in [4.69, 9.17) is 14.8 Å². The zero-order valence-corrected chi connectivity index (χ0v) is 20.0. The number of thiazole rings is 1. The molecule has 8 heteroatoms. The third-order valence-electron chi connectivity index (χ3n) is 5.22. The van der Waals surface area contributed by atoms with Gasteiger partial charge in [-0.3, -0.25) is 9.59 Å². The van der Waals surface area contributed by atoms with Crippen molar-refractivity contribution in [2.45, 2.75) is 26.3 Å². The van der Waals surface area contributed by atoms with Crippen molar-refractivity contribution >= 4 is 28.3 Å². The van der Waals surface area contributed by atoms with Crippen molar-refractivity contribution in [2.24, 2.45) is 0 Å². The number of aliphatic carboxylic acids is 1. The lowest BCUT2D eigenvalue weighted by Crippen LogP contribution is -2.31. The van der Waals surface area contributed by atoms with E-state index in [2.05, 4.69) is 11.8 Å². The molecule has 0 radical (unpaired) electrons. The third-order valence-corrected chi connectivity index (χ3v) is 6.12. The monoisotopic (exact) mass is 467 g/mol. The summed E-state index contributed by atoms with van der Waals surface area (Å²) in [5.41, 5.74) is 3.37. The Kier molecular flexibility index (Phi) is 8.43. The van der Waals surface area contributed by atoms with Crippen LogP contribution < -0.4 is 9.64 Å². The highest BCUT2D eigenvalue weighted by molar-refractivity contribution is 7.14. The minimum absolute atomic E-state index is 0.312. The standard InChI is InChI=1S/C25H29N3O4S/c1-4-5-14-28(25-26-21(17-33-25)20-8-6-7-9-22(20)32-3)15-18-10-12-19(13-11-18)24(31)27(2)16-23(29)30/h6-13,17H,4-5,14-16H2,1-3H3,(H,29,30). The van der Waals surface area contributed by atoms with Gasteiger partial charge in [-0.25, -0.2) is 4.98 Å². The Morgan fingerprint density at radius 3 is 2.52 bits per heavy atom. The molecule has 0 aliphatic rings. The van der Waals surface area contributed by atoms with Crippen LogP contribution in [0.25, 0.3) is 11.3 Å². The average Bonchev–Trinajstić information content (AvgIpc) is 3.31. The predicted molar refractivity (Wildman–Crippen MR) is 131 cm³/mol. The Morgan fingerprint density at radius 1 is 1.12 bits per heavy atom. The highest BCUT2D eigenvalue weighted by atomic mass is 32.1. The fourth-order valence-corrected chi connectivity index (χ4v) is 4.30. The molecule has 1 aromatic heterocycles. The number of methoxy groups -OCH3 is 1. The Labute approximate surface area is 198 Å². The van der Waals surface area contributed by atoms with E-state index in [0.29, 0.717) is 12.1 Å². The summed E-state index contributed by atoms with van der Waals surface area (Å²) in [6, 6.07) is 15.2. The molecule has 3 aromatic rings. The number of carboxylic acid groups (broad SMARTS) is 1. The molecule has 0 atom stereocenters. The Hall–Kier alpha value is -3.39. The summed E-state index contributed by atoms with van der Waals surface area (Å²) in [7, 11) is 3.14. The molecule has 7 nitrogen and oxygen atoms in total. The van der Waals surface area contributed by atoms with Crippen LogP contribution in [0, 0.1) is 0 Å². The first-order chi connectivity index (χ1) is 15.9. The van der Waals surface area contributed by atoms with E-state index in [1.54, 1.807) is 30.6 Å². The van der Waals surface area contributed by atoms with Crippen LogP contribution in [0.4, 0.5) is 5.13 Å². The van der Waals surface area contributed by atoms with E-state index in [1.165, 1.54) is 11.9 Å². The van der Waals surface area contributed by atoms with Crippen LogP contribution in [0.5, 0.6) is 5.75 Å². The zero-order valence-electron chi connectivity index (χ0n) is 19.2. The van der Waals surface area contributed by atoms with Crippen molar-refractivity contribution in [2.75, 3.05) is 32.1 Å². The molecule has 3 rings (SSSR count). The fourth-order valence-electron chi connectivity index (χ4n) is 3.45. The number of hydrogen-bond acceptors (Lipinski definition) is 6. The smallest absolute Gasteiger partial charge is 0.323 e. The molecule has 1 amide bonds. The SMILES string of the molecule is CCCCN(Cc1ccc(C(=O)N(C)CC(=O)O)cc1)c1nc(-c2ccccc2OC)cs1. The number of para-hydroxylation sites is 1. The molecule has 0 saturated heterocycles. The molecule has 0 saturated carbocycles. The van der Waals surface area contributed by atoms with Gasteiger partial charge in [0.05, 0.1) is 12.8 Å². The van der Waals surface area contributed by atoms with Crippen molar-refractivity contribution in [3.05, 3.63) is 65.0 Å². The van der Waals surface area contributed by atoms with Gasteiger partial charge in [-0.15, -0.1) is 11.3 Å². The lowest BCUT2D eigenvalue weighted by Gasteiger charge is -2.22. The van der Waals surface area contributed by atoms with Gasteiger partial charge in [0.25, 0.3) is 5.91 Å². The number of hydrogen-bond donors (Lipinski definition) is 1. The summed E-state index contributed by atoms with van der Waals surface area (Å²) in [6.07, 6.45) is 2.12. The lowest BCUT2D eigenvalue weighted by molar-refractivity contribution is -0.137. The molecule has 33 heavy (non-hydrogen) atoms. The van der Waals surface area contributed by atoms with Gasteiger partial charge in [0.15, 0.2) is 5.13 Å². The van der Waals surface area contributed by atoms with Crippen molar-refractivity contribution in [3.63, 3.8) is 0 Å². The second-order valence-corrected chi connectivity index (χ2v) is 8.58. The number of unbranched alkanes of at least 4 members (excludes halogenated alkanes) is 1. The minimum Gasteiger partial charge on any atom is -0.496 e. The van der Waals surface area contributed by atoms with Crippen LogP contribution in [0.2, 0.25) is 0 Å². The molecule has 0 fully saturated rings. The molecule has 2 aromatic carbocycles. The van der Waals surface area contributed by atoms with Gasteiger partial charge in [-0.2, -0.15) is 0 Å². The molecule has 0 aliphatic heterocycles. The van der Waals surface area contributed by atoms with Gasteiger partial charge in [-0.1, -0.05) is 37.6 Å². The molecular formula is C25H29N3O4S. The number of likely N-dealkylation sites (N-methyl/N-ethyl adjacent to an activating group) is 1. The molecular weight excluding hydrogens is 438 g/mol. The maximum absolute atomic E-state index is 12.4. The number of nitrogens with zero attached hydrogens (tertiary/aromatic N) is 3. The Morgan fingerprint density at radius 2 is 1.85 bits per heavy atom. The summed E-state index contributed by atoms with van der Waals surface area (Å²) >= 11 is 1.60. The second-order valence-electron chi connectivity index (χ2n) is 7.74. The number of amides is 1. The first-order valence-electron chi connectivity index (χ1n) is 10.8. The summed E-state index contributed by atoms with van der Waals surface area (Å²) in [6.45, 7) is 3.37. The van der Waals surface area contributed by atoms with Gasteiger partial charge in [0.2, 0.25) is 0 Å². The average molecular weight is 468 g/mol. The topological polar surface area (TPSA) is 83.0 Å². The van der Waals surface area contributed by atoms with Crippen molar-refractivity contribution in [1.29, 1.82) is 0 Å². The number of aromatic nitrogens is 1. The van der Waals surface area contributed by atoms with E-state index < -0.39 is 5.97 Å². The van der Waals surface area contributed by atoms with E-state index in [-0.39, 0.29) is 12.5 Å². The number of anilines is 1. The van der Waals surface area contributed by atoms with Gasteiger partial charge < -0.3 is 19.6 Å². The van der Waals surface area contributed by atoms with Crippen molar-refractivity contribution < 1.29 is 19.4 Å². The quantitative estimate of drug-likeness (QED) is 0.437. The molecule has 174 valence electrons.